The van der Waals surface area contributed by atoms with Crippen LogP contribution in [0, 0.1) is 5.82 Å². The number of aliphatic carboxylic acids is 1. The van der Waals surface area contributed by atoms with Crippen LogP contribution in [-0.2, 0) is 9.53 Å². The number of carbonyl (C=O) groups is 2. The number of hydrogen-bond acceptors (Lipinski definition) is 3. The third-order valence-corrected chi connectivity index (χ3v) is 2.11. The number of carbonyl (C=O) groups excluding carboxylic acids is 1. The average molecular weight is 241 g/mol. The average Bonchev–Trinajstić information content (AvgIpc) is 2.30. The van der Waals surface area contributed by atoms with E-state index in [4.69, 9.17) is 5.11 Å². The van der Waals surface area contributed by atoms with Crippen molar-refractivity contribution < 1.29 is 23.8 Å². The highest BCUT2D eigenvalue weighted by molar-refractivity contribution is 5.94. The van der Waals surface area contributed by atoms with Crippen molar-refractivity contribution in [2.45, 2.75) is 6.10 Å². The Hall–Kier alpha value is -1.95. The predicted octanol–water partition coefficient (Wildman–Crippen LogP) is 0.655. The zero-order chi connectivity index (χ0) is 12.8. The van der Waals surface area contributed by atoms with Gasteiger partial charge < -0.3 is 15.2 Å². The molecule has 1 rings (SSSR count). The minimum Gasteiger partial charge on any atom is -0.479 e. The molecule has 0 aliphatic carbocycles. The SMILES string of the molecule is COC(CNC(=O)c1ccc(F)cc1)C(=O)O. The van der Waals surface area contributed by atoms with E-state index in [0.29, 0.717) is 0 Å². The molecule has 1 amide bonds. The van der Waals surface area contributed by atoms with Crippen LogP contribution in [0.3, 0.4) is 0 Å². The molecular formula is C11H12FNO4. The Labute approximate surface area is 97.2 Å². The fourth-order valence-electron chi connectivity index (χ4n) is 1.16. The molecule has 17 heavy (non-hydrogen) atoms. The van der Waals surface area contributed by atoms with Gasteiger partial charge >= 0.3 is 5.97 Å². The highest BCUT2D eigenvalue weighted by Crippen LogP contribution is 2.02. The lowest BCUT2D eigenvalue weighted by atomic mass is 10.2. The van der Waals surface area contributed by atoms with Crippen LogP contribution in [0.1, 0.15) is 10.4 Å². The lowest BCUT2D eigenvalue weighted by molar-refractivity contribution is -0.148. The maximum atomic E-state index is 12.6. The monoisotopic (exact) mass is 241 g/mol. The fourth-order valence-corrected chi connectivity index (χ4v) is 1.16. The first-order valence-corrected chi connectivity index (χ1v) is 4.84. The molecule has 1 aromatic rings. The van der Waals surface area contributed by atoms with Crippen LogP contribution in [0.2, 0.25) is 0 Å². The summed E-state index contributed by atoms with van der Waals surface area (Å²) in [6, 6.07) is 4.93. The minimum absolute atomic E-state index is 0.151. The molecule has 0 heterocycles. The molecule has 6 heteroatoms. The van der Waals surface area contributed by atoms with Gasteiger partial charge in [-0.25, -0.2) is 9.18 Å². The number of carboxylic acid groups (broad SMARTS) is 1. The quantitative estimate of drug-likeness (QED) is 0.793. The molecule has 0 aromatic heterocycles. The van der Waals surface area contributed by atoms with E-state index in [-0.39, 0.29) is 12.1 Å². The summed E-state index contributed by atoms with van der Waals surface area (Å²) in [6.45, 7) is -0.151. The second-order valence-corrected chi connectivity index (χ2v) is 3.28. The Morgan fingerprint density at radius 3 is 2.47 bits per heavy atom. The maximum Gasteiger partial charge on any atom is 0.334 e. The van der Waals surface area contributed by atoms with Crippen LogP contribution < -0.4 is 5.32 Å². The van der Waals surface area contributed by atoms with E-state index >= 15 is 0 Å². The molecule has 0 fully saturated rings. The van der Waals surface area contributed by atoms with E-state index < -0.39 is 23.8 Å². The highest BCUT2D eigenvalue weighted by atomic mass is 19.1. The second kappa shape index (κ2) is 5.95. The molecule has 1 aromatic carbocycles. The van der Waals surface area contributed by atoms with Gasteiger partial charge in [0.05, 0.1) is 6.54 Å². The van der Waals surface area contributed by atoms with Crippen LogP contribution in [0.5, 0.6) is 0 Å². The van der Waals surface area contributed by atoms with Gasteiger partial charge in [0, 0.05) is 12.7 Å². The van der Waals surface area contributed by atoms with Crippen molar-refractivity contribution in [2.24, 2.45) is 0 Å². The van der Waals surface area contributed by atoms with E-state index in [1.54, 1.807) is 0 Å². The smallest absolute Gasteiger partial charge is 0.334 e. The standard InChI is InChI=1S/C11H12FNO4/c1-17-9(11(15)16)6-13-10(14)7-2-4-8(12)5-3-7/h2-5,9H,6H2,1H3,(H,13,14)(H,15,16). The van der Waals surface area contributed by atoms with E-state index in [0.717, 1.165) is 12.1 Å². The third-order valence-electron chi connectivity index (χ3n) is 2.11. The summed E-state index contributed by atoms with van der Waals surface area (Å²) in [6.07, 6.45) is -1.10. The number of amides is 1. The number of carboxylic acids is 1. The van der Waals surface area contributed by atoms with Crippen LogP contribution in [0.25, 0.3) is 0 Å². The highest BCUT2D eigenvalue weighted by Gasteiger charge is 2.17. The molecule has 0 spiro atoms. The van der Waals surface area contributed by atoms with Gasteiger partial charge in [0.25, 0.3) is 5.91 Å². The van der Waals surface area contributed by atoms with Gasteiger partial charge in [-0.05, 0) is 24.3 Å². The molecule has 0 saturated carbocycles. The van der Waals surface area contributed by atoms with E-state index in [9.17, 15) is 14.0 Å². The van der Waals surface area contributed by atoms with Crippen LogP contribution in [0.15, 0.2) is 24.3 Å². The van der Waals surface area contributed by atoms with Crippen LogP contribution >= 0.6 is 0 Å². The first-order chi connectivity index (χ1) is 8.04. The Balaban J connectivity index is 2.55. The Kier molecular flexibility index (Phi) is 4.59. The fraction of sp³-hybridized carbons (Fsp3) is 0.273. The Morgan fingerprint density at radius 2 is 2.00 bits per heavy atom. The summed E-state index contributed by atoms with van der Waals surface area (Å²) in [7, 11) is 1.24. The number of rotatable bonds is 5. The van der Waals surface area contributed by atoms with Gasteiger partial charge in [-0.2, -0.15) is 0 Å². The molecule has 2 N–H and O–H groups in total. The summed E-state index contributed by atoms with van der Waals surface area (Å²) < 4.78 is 17.2. The molecular weight excluding hydrogens is 229 g/mol. The third kappa shape index (κ3) is 3.84. The van der Waals surface area contributed by atoms with Crippen molar-refractivity contribution in [3.63, 3.8) is 0 Å². The zero-order valence-electron chi connectivity index (χ0n) is 9.14. The molecule has 92 valence electrons. The van der Waals surface area contributed by atoms with Gasteiger partial charge in [0.2, 0.25) is 0 Å². The molecule has 0 aliphatic rings. The first kappa shape index (κ1) is 13.1. The van der Waals surface area contributed by atoms with Crippen LogP contribution in [-0.4, -0.2) is 36.7 Å². The summed E-state index contributed by atoms with van der Waals surface area (Å²) in [5.41, 5.74) is 0.256. The summed E-state index contributed by atoms with van der Waals surface area (Å²) in [4.78, 5) is 22.1. The van der Waals surface area contributed by atoms with Crippen molar-refractivity contribution in [3.8, 4) is 0 Å². The van der Waals surface area contributed by atoms with Crippen LogP contribution in [0.4, 0.5) is 4.39 Å². The van der Waals surface area contributed by atoms with E-state index in [1.807, 2.05) is 0 Å². The van der Waals surface area contributed by atoms with Crippen molar-refractivity contribution in [3.05, 3.63) is 35.6 Å². The maximum absolute atomic E-state index is 12.6. The number of hydrogen-bond donors (Lipinski definition) is 2. The summed E-state index contributed by atoms with van der Waals surface area (Å²) in [5.74, 6) is -2.08. The number of nitrogens with one attached hydrogen (secondary N) is 1. The van der Waals surface area contributed by atoms with E-state index in [2.05, 4.69) is 10.1 Å². The summed E-state index contributed by atoms with van der Waals surface area (Å²) >= 11 is 0. The predicted molar refractivity (Wildman–Crippen MR) is 57.2 cm³/mol. The van der Waals surface area contributed by atoms with Crippen molar-refractivity contribution in [1.82, 2.24) is 5.32 Å². The van der Waals surface area contributed by atoms with Gasteiger partial charge in [-0.1, -0.05) is 0 Å². The van der Waals surface area contributed by atoms with Gasteiger partial charge in [0.1, 0.15) is 5.82 Å². The van der Waals surface area contributed by atoms with Crippen molar-refractivity contribution in [2.75, 3.05) is 13.7 Å². The molecule has 5 nitrogen and oxygen atoms in total. The second-order valence-electron chi connectivity index (χ2n) is 3.28. The van der Waals surface area contributed by atoms with Gasteiger partial charge in [-0.3, -0.25) is 4.79 Å². The normalized spacial score (nSPS) is 11.9. The van der Waals surface area contributed by atoms with E-state index in [1.165, 1.54) is 19.2 Å². The largest absolute Gasteiger partial charge is 0.479 e. The first-order valence-electron chi connectivity index (χ1n) is 4.84. The molecule has 0 bridgehead atoms. The molecule has 1 atom stereocenters. The topological polar surface area (TPSA) is 75.6 Å². The van der Waals surface area contributed by atoms with Crippen molar-refractivity contribution >= 4 is 11.9 Å². The Morgan fingerprint density at radius 1 is 1.41 bits per heavy atom. The van der Waals surface area contributed by atoms with Gasteiger partial charge in [0.15, 0.2) is 6.10 Å². The molecule has 0 aliphatic heterocycles. The molecule has 0 radical (unpaired) electrons. The van der Waals surface area contributed by atoms with Gasteiger partial charge in [-0.15, -0.1) is 0 Å². The zero-order valence-corrected chi connectivity index (χ0v) is 9.14. The summed E-state index contributed by atoms with van der Waals surface area (Å²) in [5, 5.41) is 11.1. The lowest BCUT2D eigenvalue weighted by Gasteiger charge is -2.11. The number of benzene rings is 1. The number of methoxy groups -OCH3 is 1. The number of ether oxygens (including phenoxy) is 1. The Bertz CT molecular complexity index is 404. The minimum atomic E-state index is -1.16. The number of halogens is 1. The lowest BCUT2D eigenvalue weighted by Crippen LogP contribution is -2.37. The molecule has 1 unspecified atom stereocenters. The van der Waals surface area contributed by atoms with Crippen molar-refractivity contribution in [1.29, 1.82) is 0 Å². The molecule has 0 saturated heterocycles.